The van der Waals surface area contributed by atoms with Gasteiger partial charge in [-0.1, -0.05) is 66.4 Å². The Morgan fingerprint density at radius 2 is 1.37 bits per heavy atom. The van der Waals surface area contributed by atoms with Gasteiger partial charge in [0.2, 0.25) is 23.6 Å². The van der Waals surface area contributed by atoms with E-state index in [4.69, 9.17) is 0 Å². The van der Waals surface area contributed by atoms with Gasteiger partial charge in [-0.05, 0) is 90.0 Å². The number of amides is 4. The lowest BCUT2D eigenvalue weighted by Gasteiger charge is -2.41. The molecule has 0 aromatic rings. The first kappa shape index (κ1) is 38.0. The summed E-state index contributed by atoms with van der Waals surface area (Å²) in [6.45, 7) is 19.6. The van der Waals surface area contributed by atoms with Crippen molar-refractivity contribution in [1.82, 2.24) is 25.3 Å². The first-order valence-corrected chi connectivity index (χ1v) is 18.2. The molecular formula is C37H65N5O4. The fourth-order valence-electron chi connectivity index (χ4n) is 7.75. The Balaban J connectivity index is 1.74. The Hall–Kier alpha value is -2.42. The predicted molar refractivity (Wildman–Crippen MR) is 185 cm³/mol. The molecule has 0 spiro atoms. The van der Waals surface area contributed by atoms with Crippen LogP contribution in [0.3, 0.4) is 0 Å². The van der Waals surface area contributed by atoms with Crippen LogP contribution in [0.25, 0.3) is 0 Å². The molecule has 3 aliphatic rings. The maximum atomic E-state index is 14.2. The number of hydrogen-bond donors (Lipinski definition) is 2. The molecule has 1 saturated carbocycles. The van der Waals surface area contributed by atoms with Crippen LogP contribution in [-0.4, -0.2) is 94.7 Å². The van der Waals surface area contributed by atoms with Gasteiger partial charge in [-0.2, -0.15) is 0 Å². The molecule has 2 heterocycles. The molecule has 46 heavy (non-hydrogen) atoms. The second-order valence-corrected chi connectivity index (χ2v) is 16.0. The normalized spacial score (nSPS) is 24.1. The van der Waals surface area contributed by atoms with E-state index in [-0.39, 0.29) is 53.7 Å². The third-order valence-electron chi connectivity index (χ3n) is 10.7. The smallest absolute Gasteiger partial charge is 0.249 e. The van der Waals surface area contributed by atoms with Crippen LogP contribution in [0, 0.1) is 17.3 Å². The van der Waals surface area contributed by atoms with E-state index >= 15 is 0 Å². The lowest BCUT2D eigenvalue weighted by molar-refractivity contribution is -0.142. The summed E-state index contributed by atoms with van der Waals surface area (Å²) in [7, 11) is 1.77. The van der Waals surface area contributed by atoms with Crippen LogP contribution < -0.4 is 10.6 Å². The molecule has 3 fully saturated rings. The van der Waals surface area contributed by atoms with Crippen molar-refractivity contribution in [3.8, 4) is 0 Å². The van der Waals surface area contributed by atoms with Gasteiger partial charge in [-0.3, -0.25) is 24.1 Å². The van der Waals surface area contributed by atoms with Gasteiger partial charge in [0.05, 0.1) is 12.1 Å². The first-order valence-electron chi connectivity index (χ1n) is 18.2. The summed E-state index contributed by atoms with van der Waals surface area (Å²) in [5.41, 5.74) is 0.0174. The van der Waals surface area contributed by atoms with E-state index in [0.29, 0.717) is 24.5 Å². The number of hydrogen-bond acceptors (Lipinski definition) is 5. The van der Waals surface area contributed by atoms with Crippen LogP contribution in [-0.2, 0) is 19.2 Å². The third kappa shape index (κ3) is 9.57. The molecule has 1 aliphatic carbocycles. The average Bonchev–Trinajstić information content (AvgIpc) is 3.51. The van der Waals surface area contributed by atoms with E-state index in [9.17, 15) is 19.2 Å². The van der Waals surface area contributed by atoms with E-state index in [2.05, 4.69) is 36.3 Å². The Morgan fingerprint density at radius 1 is 0.783 bits per heavy atom. The van der Waals surface area contributed by atoms with Crippen LogP contribution >= 0.6 is 0 Å². The van der Waals surface area contributed by atoms with Crippen molar-refractivity contribution in [3.05, 3.63) is 11.6 Å². The van der Waals surface area contributed by atoms with Crippen LogP contribution in [0.15, 0.2) is 11.6 Å². The fraction of sp³-hybridized carbons (Fsp3) is 0.838. The molecule has 1 unspecified atom stereocenters. The molecule has 0 radical (unpaired) electrons. The minimum atomic E-state index is -0.718. The third-order valence-corrected chi connectivity index (χ3v) is 10.7. The number of carbonyl (C=O) groups is 4. The number of likely N-dealkylation sites (tertiary alicyclic amines) is 2. The molecule has 9 heteroatoms. The SMILES string of the molecule is C/C(=C\[C@H](C(C)C)N(C)C(=O)[C@@H](NC(=O)[C@H]1CCCCN1C(C)C)C(C)(C)C)C(=O)N1CCC[C@H]1C(=O)NC(C)C1CCCCC1. The van der Waals surface area contributed by atoms with Crippen LogP contribution in [0.1, 0.15) is 127 Å². The number of rotatable bonds is 11. The minimum Gasteiger partial charge on any atom is -0.352 e. The summed E-state index contributed by atoms with van der Waals surface area (Å²) in [6.07, 6.45) is 12.2. The van der Waals surface area contributed by atoms with Gasteiger partial charge in [-0.25, -0.2) is 0 Å². The van der Waals surface area contributed by atoms with Gasteiger partial charge in [0.1, 0.15) is 12.1 Å². The van der Waals surface area contributed by atoms with Gasteiger partial charge >= 0.3 is 0 Å². The van der Waals surface area contributed by atoms with E-state index in [0.717, 1.165) is 45.1 Å². The highest BCUT2D eigenvalue weighted by molar-refractivity contribution is 5.97. The Kier molecular flexibility index (Phi) is 13.7. The van der Waals surface area contributed by atoms with E-state index in [1.165, 1.54) is 19.3 Å². The highest BCUT2D eigenvalue weighted by Gasteiger charge is 2.41. The van der Waals surface area contributed by atoms with Crippen molar-refractivity contribution in [3.63, 3.8) is 0 Å². The van der Waals surface area contributed by atoms with Gasteiger partial charge in [0.15, 0.2) is 0 Å². The number of piperidine rings is 1. The zero-order valence-electron chi connectivity index (χ0n) is 30.7. The number of nitrogens with one attached hydrogen (secondary N) is 2. The molecule has 2 aliphatic heterocycles. The highest BCUT2D eigenvalue weighted by atomic mass is 16.2. The second kappa shape index (κ2) is 16.6. The van der Waals surface area contributed by atoms with Crippen molar-refractivity contribution < 1.29 is 19.2 Å². The lowest BCUT2D eigenvalue weighted by atomic mass is 9.84. The zero-order valence-corrected chi connectivity index (χ0v) is 30.7. The van der Waals surface area contributed by atoms with E-state index in [1.807, 2.05) is 40.7 Å². The van der Waals surface area contributed by atoms with Crippen molar-refractivity contribution in [2.24, 2.45) is 17.3 Å². The summed E-state index contributed by atoms with van der Waals surface area (Å²) >= 11 is 0. The van der Waals surface area contributed by atoms with Crippen molar-refractivity contribution in [1.29, 1.82) is 0 Å². The molecule has 262 valence electrons. The molecule has 2 N–H and O–H groups in total. The van der Waals surface area contributed by atoms with E-state index in [1.54, 1.807) is 23.8 Å². The molecule has 0 bridgehead atoms. The molecule has 2 saturated heterocycles. The average molecular weight is 644 g/mol. The molecule has 9 nitrogen and oxygen atoms in total. The largest absolute Gasteiger partial charge is 0.352 e. The minimum absolute atomic E-state index is 0.0248. The molecular weight excluding hydrogens is 578 g/mol. The maximum absolute atomic E-state index is 14.2. The number of carbonyl (C=O) groups excluding carboxylic acids is 4. The molecule has 3 rings (SSSR count). The molecule has 0 aromatic heterocycles. The monoisotopic (exact) mass is 644 g/mol. The van der Waals surface area contributed by atoms with Gasteiger partial charge < -0.3 is 20.4 Å². The highest BCUT2D eigenvalue weighted by Crippen LogP contribution is 2.29. The second-order valence-electron chi connectivity index (χ2n) is 16.0. The quantitative estimate of drug-likeness (QED) is 0.298. The number of likely N-dealkylation sites (N-methyl/N-ethyl adjacent to an activating group) is 1. The van der Waals surface area contributed by atoms with Crippen LogP contribution in [0.4, 0.5) is 0 Å². The Bertz CT molecular complexity index is 1090. The number of nitrogens with zero attached hydrogens (tertiary/aromatic N) is 3. The topological polar surface area (TPSA) is 102 Å². The summed E-state index contributed by atoms with van der Waals surface area (Å²) in [5, 5.41) is 6.39. The fourth-order valence-corrected chi connectivity index (χ4v) is 7.75. The van der Waals surface area contributed by atoms with E-state index < -0.39 is 17.5 Å². The van der Waals surface area contributed by atoms with Gasteiger partial charge in [0.25, 0.3) is 0 Å². The molecule has 5 atom stereocenters. The predicted octanol–water partition coefficient (Wildman–Crippen LogP) is 5.29. The lowest BCUT2D eigenvalue weighted by Crippen LogP contribution is -2.60. The zero-order chi connectivity index (χ0) is 34.3. The summed E-state index contributed by atoms with van der Waals surface area (Å²) < 4.78 is 0. The summed E-state index contributed by atoms with van der Waals surface area (Å²) in [4.78, 5) is 60.7. The standard InChI is InChI=1S/C37H65N5O4/c1-24(2)31(40(10)36(46)32(37(7,8)9)39-34(44)29-19-14-15-21-41(29)25(3)4)23-26(5)35(45)42-22-16-20-30(42)33(43)38-27(6)28-17-12-11-13-18-28/h23-25,27-32H,11-22H2,1-10H3,(H,38,43)(H,39,44)/b26-23+/t27?,29-,30+,31-,32-/m1/s1. The van der Waals surface area contributed by atoms with Crippen LogP contribution in [0.5, 0.6) is 0 Å². The van der Waals surface area contributed by atoms with Crippen molar-refractivity contribution >= 4 is 23.6 Å². The maximum Gasteiger partial charge on any atom is 0.249 e. The summed E-state index contributed by atoms with van der Waals surface area (Å²) in [5.74, 6) is 0.0656. The first-order chi connectivity index (χ1) is 21.5. The molecule has 4 amide bonds. The molecule has 0 aromatic carbocycles. The Morgan fingerprint density at radius 3 is 1.96 bits per heavy atom. The van der Waals surface area contributed by atoms with Crippen LogP contribution in [0.2, 0.25) is 0 Å². The summed E-state index contributed by atoms with van der Waals surface area (Å²) in [6, 6.07) is -1.43. The Labute approximate surface area is 279 Å². The van der Waals surface area contributed by atoms with Crippen molar-refractivity contribution in [2.75, 3.05) is 20.1 Å². The van der Waals surface area contributed by atoms with Gasteiger partial charge in [0, 0.05) is 31.2 Å². The van der Waals surface area contributed by atoms with Crippen molar-refractivity contribution in [2.45, 2.75) is 163 Å². The van der Waals surface area contributed by atoms with Gasteiger partial charge in [-0.15, -0.1) is 0 Å².